The number of benzene rings is 2. The molecule has 0 fully saturated rings. The van der Waals surface area contributed by atoms with Crippen molar-refractivity contribution < 1.29 is 4.39 Å². The average molecular weight is 270 g/mol. The predicted molar refractivity (Wildman–Crippen MR) is 80.2 cm³/mol. The number of hydrogen-bond acceptors (Lipinski definition) is 2. The number of nitrogens with zero attached hydrogens (tertiary/aromatic N) is 1. The van der Waals surface area contributed by atoms with Crippen molar-refractivity contribution in [3.63, 3.8) is 0 Å². The topological polar surface area (TPSA) is 15.3 Å². The van der Waals surface area contributed by atoms with E-state index in [0.29, 0.717) is 0 Å². The molecule has 0 radical (unpaired) electrons. The summed E-state index contributed by atoms with van der Waals surface area (Å²) in [5.41, 5.74) is 5.16. The van der Waals surface area contributed by atoms with E-state index in [1.165, 1.54) is 28.8 Å². The SMILES string of the molecule is CNc1ccc2c(c1)CN(Cc1ccc(F)cc1)CC2. The van der Waals surface area contributed by atoms with Crippen LogP contribution in [0.15, 0.2) is 42.5 Å². The van der Waals surface area contributed by atoms with Gasteiger partial charge in [0.05, 0.1) is 0 Å². The Bertz CT molecular complexity index is 592. The van der Waals surface area contributed by atoms with Gasteiger partial charge in [-0.2, -0.15) is 0 Å². The molecule has 0 aliphatic carbocycles. The van der Waals surface area contributed by atoms with Gasteiger partial charge in [0.25, 0.3) is 0 Å². The summed E-state index contributed by atoms with van der Waals surface area (Å²) >= 11 is 0. The van der Waals surface area contributed by atoms with E-state index in [4.69, 9.17) is 0 Å². The molecular weight excluding hydrogens is 251 g/mol. The molecule has 2 aromatic carbocycles. The van der Waals surface area contributed by atoms with Crippen LogP contribution in [0.1, 0.15) is 16.7 Å². The molecule has 0 saturated carbocycles. The van der Waals surface area contributed by atoms with Crippen LogP contribution in [0.25, 0.3) is 0 Å². The van der Waals surface area contributed by atoms with Crippen LogP contribution >= 0.6 is 0 Å². The summed E-state index contributed by atoms with van der Waals surface area (Å²) in [7, 11) is 1.95. The van der Waals surface area contributed by atoms with Gasteiger partial charge in [-0.05, 0) is 47.4 Å². The number of halogens is 1. The summed E-state index contributed by atoms with van der Waals surface area (Å²) < 4.78 is 12.9. The first-order chi connectivity index (χ1) is 9.74. The van der Waals surface area contributed by atoms with Crippen molar-refractivity contribution in [2.45, 2.75) is 19.5 Å². The van der Waals surface area contributed by atoms with E-state index in [0.717, 1.165) is 31.7 Å². The van der Waals surface area contributed by atoms with Crippen LogP contribution in [-0.2, 0) is 19.5 Å². The largest absolute Gasteiger partial charge is 0.388 e. The lowest BCUT2D eigenvalue weighted by Gasteiger charge is -2.29. The van der Waals surface area contributed by atoms with E-state index >= 15 is 0 Å². The molecule has 2 nitrogen and oxygen atoms in total. The minimum atomic E-state index is -0.170. The number of rotatable bonds is 3. The number of nitrogens with one attached hydrogen (secondary N) is 1. The van der Waals surface area contributed by atoms with Gasteiger partial charge in [-0.3, -0.25) is 4.90 Å². The van der Waals surface area contributed by atoms with Crippen molar-refractivity contribution in [2.75, 3.05) is 18.9 Å². The van der Waals surface area contributed by atoms with Crippen LogP contribution in [0.4, 0.5) is 10.1 Å². The van der Waals surface area contributed by atoms with Gasteiger partial charge in [0, 0.05) is 32.4 Å². The van der Waals surface area contributed by atoms with E-state index in [9.17, 15) is 4.39 Å². The summed E-state index contributed by atoms with van der Waals surface area (Å²) in [4.78, 5) is 2.41. The van der Waals surface area contributed by atoms with Crippen molar-refractivity contribution in [2.24, 2.45) is 0 Å². The monoisotopic (exact) mass is 270 g/mol. The molecule has 0 bridgehead atoms. The summed E-state index contributed by atoms with van der Waals surface area (Å²) in [6, 6.07) is 13.4. The number of hydrogen-bond donors (Lipinski definition) is 1. The standard InChI is InChI=1S/C17H19FN2/c1-19-17-7-4-14-8-9-20(12-15(14)10-17)11-13-2-5-16(18)6-3-13/h2-7,10,19H,8-9,11-12H2,1H3. The summed E-state index contributed by atoms with van der Waals surface area (Å²) in [6.45, 7) is 2.90. The normalized spacial score (nSPS) is 14.9. The molecule has 3 rings (SSSR count). The summed E-state index contributed by atoms with van der Waals surface area (Å²) in [5, 5.41) is 3.19. The van der Waals surface area contributed by atoms with E-state index in [2.05, 4.69) is 28.4 Å². The highest BCUT2D eigenvalue weighted by Crippen LogP contribution is 2.23. The molecule has 3 heteroatoms. The zero-order chi connectivity index (χ0) is 13.9. The highest BCUT2D eigenvalue weighted by atomic mass is 19.1. The minimum Gasteiger partial charge on any atom is -0.388 e. The Balaban J connectivity index is 1.73. The second-order valence-electron chi connectivity index (χ2n) is 5.32. The van der Waals surface area contributed by atoms with Crippen molar-refractivity contribution in [1.82, 2.24) is 4.90 Å². The lowest BCUT2D eigenvalue weighted by Crippen LogP contribution is -2.30. The van der Waals surface area contributed by atoms with Gasteiger partial charge in [0.1, 0.15) is 5.82 Å². The summed E-state index contributed by atoms with van der Waals surface area (Å²) in [5.74, 6) is -0.170. The van der Waals surface area contributed by atoms with Gasteiger partial charge >= 0.3 is 0 Å². The third-order valence-electron chi connectivity index (χ3n) is 3.91. The first kappa shape index (κ1) is 13.1. The van der Waals surface area contributed by atoms with Crippen LogP contribution in [0, 0.1) is 5.82 Å². The number of fused-ring (bicyclic) bond motifs is 1. The van der Waals surface area contributed by atoms with Crippen molar-refractivity contribution in [3.8, 4) is 0 Å². The molecular formula is C17H19FN2. The Labute approximate surface area is 119 Å². The fourth-order valence-corrected chi connectivity index (χ4v) is 2.75. The molecule has 20 heavy (non-hydrogen) atoms. The molecule has 104 valence electrons. The first-order valence-electron chi connectivity index (χ1n) is 7.01. The fourth-order valence-electron chi connectivity index (χ4n) is 2.75. The van der Waals surface area contributed by atoms with Crippen LogP contribution in [0.5, 0.6) is 0 Å². The minimum absolute atomic E-state index is 0.170. The molecule has 2 aromatic rings. The zero-order valence-corrected chi connectivity index (χ0v) is 11.7. The molecule has 1 aliphatic heterocycles. The molecule has 1 N–H and O–H groups in total. The van der Waals surface area contributed by atoms with Crippen molar-refractivity contribution in [1.29, 1.82) is 0 Å². The molecule has 1 aliphatic rings. The zero-order valence-electron chi connectivity index (χ0n) is 11.7. The molecule has 0 aromatic heterocycles. The fraction of sp³-hybridized carbons (Fsp3) is 0.294. The van der Waals surface area contributed by atoms with Gasteiger partial charge in [-0.25, -0.2) is 4.39 Å². The predicted octanol–water partition coefficient (Wildman–Crippen LogP) is 3.43. The maximum Gasteiger partial charge on any atom is 0.123 e. The Kier molecular flexibility index (Phi) is 3.70. The first-order valence-corrected chi connectivity index (χ1v) is 7.01. The second kappa shape index (κ2) is 5.63. The molecule has 0 saturated heterocycles. The highest BCUT2D eigenvalue weighted by Gasteiger charge is 2.16. The van der Waals surface area contributed by atoms with Crippen LogP contribution in [0.3, 0.4) is 0 Å². The Morgan fingerprint density at radius 2 is 1.90 bits per heavy atom. The average Bonchev–Trinajstić information content (AvgIpc) is 2.49. The molecule has 0 spiro atoms. The maximum atomic E-state index is 12.9. The second-order valence-corrected chi connectivity index (χ2v) is 5.32. The Hall–Kier alpha value is -1.87. The lowest BCUT2D eigenvalue weighted by atomic mass is 9.98. The van der Waals surface area contributed by atoms with Crippen LogP contribution < -0.4 is 5.32 Å². The van der Waals surface area contributed by atoms with E-state index in [1.807, 2.05) is 19.2 Å². The van der Waals surface area contributed by atoms with Crippen molar-refractivity contribution in [3.05, 3.63) is 65.0 Å². The van der Waals surface area contributed by atoms with E-state index < -0.39 is 0 Å². The lowest BCUT2D eigenvalue weighted by molar-refractivity contribution is 0.245. The van der Waals surface area contributed by atoms with Crippen LogP contribution in [0.2, 0.25) is 0 Å². The molecule has 0 unspecified atom stereocenters. The molecule has 0 atom stereocenters. The maximum absolute atomic E-state index is 12.9. The van der Waals surface area contributed by atoms with Crippen LogP contribution in [-0.4, -0.2) is 18.5 Å². The quantitative estimate of drug-likeness (QED) is 0.919. The van der Waals surface area contributed by atoms with E-state index in [-0.39, 0.29) is 5.82 Å². The van der Waals surface area contributed by atoms with Gasteiger partial charge in [0.2, 0.25) is 0 Å². The summed E-state index contributed by atoms with van der Waals surface area (Å²) in [6.07, 6.45) is 1.08. The van der Waals surface area contributed by atoms with E-state index in [1.54, 1.807) is 0 Å². The number of anilines is 1. The van der Waals surface area contributed by atoms with Crippen molar-refractivity contribution >= 4 is 5.69 Å². The Morgan fingerprint density at radius 3 is 2.65 bits per heavy atom. The highest BCUT2D eigenvalue weighted by molar-refractivity contribution is 5.48. The molecule has 0 amide bonds. The molecule has 1 heterocycles. The third-order valence-corrected chi connectivity index (χ3v) is 3.91. The third kappa shape index (κ3) is 2.83. The van der Waals surface area contributed by atoms with Gasteiger partial charge in [0.15, 0.2) is 0 Å². The Morgan fingerprint density at radius 1 is 1.10 bits per heavy atom. The van der Waals surface area contributed by atoms with Gasteiger partial charge in [-0.15, -0.1) is 0 Å². The smallest absolute Gasteiger partial charge is 0.123 e. The van der Waals surface area contributed by atoms with Gasteiger partial charge in [-0.1, -0.05) is 18.2 Å². The van der Waals surface area contributed by atoms with Gasteiger partial charge < -0.3 is 5.32 Å².